The van der Waals surface area contributed by atoms with Crippen molar-refractivity contribution in [3.8, 4) is 0 Å². The summed E-state index contributed by atoms with van der Waals surface area (Å²) >= 11 is 0. The van der Waals surface area contributed by atoms with Crippen molar-refractivity contribution >= 4 is 34.1 Å². The maximum Gasteiger partial charge on any atom is 0.254 e. The Morgan fingerprint density at radius 2 is 1.90 bits per heavy atom. The molecule has 39 heavy (non-hydrogen) atoms. The van der Waals surface area contributed by atoms with Crippen molar-refractivity contribution < 1.29 is 9.59 Å². The Balaban J connectivity index is 1.53. The van der Waals surface area contributed by atoms with E-state index >= 15 is 0 Å². The summed E-state index contributed by atoms with van der Waals surface area (Å²) < 4.78 is 2.02. The number of nitrogens with one attached hydrogen (secondary N) is 2. The Morgan fingerprint density at radius 3 is 2.56 bits per heavy atom. The van der Waals surface area contributed by atoms with Crippen LogP contribution in [0, 0.1) is 5.92 Å². The molecule has 0 radical (unpaired) electrons. The standard InChI is InChI=1S/C30H41N7O2/c1-18-12-19(2)33-28(39)23(18)16-31-27(38)22-13-25(20-14-29(3,4)35-30(5,6)15-20)34-26-24(22)17-32-37(26)21-8-10-36(7)11-9-21/h12-14,17,21,23,35H,8-11,15-16H2,1-7H3,(H,31,38). The Bertz CT molecular complexity index is 1400. The highest BCUT2D eigenvalue weighted by atomic mass is 16.2. The second-order valence-corrected chi connectivity index (χ2v) is 12.7. The van der Waals surface area contributed by atoms with Crippen molar-refractivity contribution in [3.05, 3.63) is 41.2 Å². The van der Waals surface area contributed by atoms with Gasteiger partial charge in [-0.1, -0.05) is 11.6 Å². The van der Waals surface area contributed by atoms with Crippen LogP contribution >= 0.6 is 0 Å². The van der Waals surface area contributed by atoms with Crippen LogP contribution in [0.4, 0.5) is 0 Å². The summed E-state index contributed by atoms with van der Waals surface area (Å²) in [5.74, 6) is -0.899. The Hall–Kier alpha value is -3.17. The van der Waals surface area contributed by atoms with Crippen molar-refractivity contribution in [1.29, 1.82) is 0 Å². The van der Waals surface area contributed by atoms with Gasteiger partial charge in [0, 0.05) is 23.3 Å². The van der Waals surface area contributed by atoms with Crippen LogP contribution in [0.25, 0.3) is 16.6 Å². The molecule has 1 atom stereocenters. The number of hydrogen-bond acceptors (Lipinski definition) is 6. The topological polar surface area (TPSA) is 105 Å². The van der Waals surface area contributed by atoms with E-state index in [1.54, 1.807) is 6.20 Å². The van der Waals surface area contributed by atoms with E-state index in [-0.39, 0.29) is 35.5 Å². The largest absolute Gasteiger partial charge is 0.351 e. The smallest absolute Gasteiger partial charge is 0.254 e. The highest BCUT2D eigenvalue weighted by Crippen LogP contribution is 2.35. The minimum absolute atomic E-state index is 0.120. The van der Waals surface area contributed by atoms with Gasteiger partial charge in [0.25, 0.3) is 11.8 Å². The molecule has 208 valence electrons. The van der Waals surface area contributed by atoms with E-state index in [4.69, 9.17) is 10.1 Å². The predicted molar refractivity (Wildman–Crippen MR) is 155 cm³/mol. The molecule has 1 fully saturated rings. The molecule has 5 heterocycles. The molecular formula is C30H41N7O2. The minimum atomic E-state index is -0.454. The average Bonchev–Trinajstić information content (AvgIpc) is 3.25. The van der Waals surface area contributed by atoms with Crippen molar-refractivity contribution in [3.63, 3.8) is 0 Å². The third kappa shape index (κ3) is 5.75. The number of carbonyl (C=O) groups excluding carboxylic acids is 2. The first-order valence-electron chi connectivity index (χ1n) is 14.0. The van der Waals surface area contributed by atoms with E-state index in [1.807, 2.05) is 30.7 Å². The van der Waals surface area contributed by atoms with Crippen LogP contribution in [-0.2, 0) is 4.79 Å². The number of allylic oxidation sites excluding steroid dienone is 1. The van der Waals surface area contributed by atoms with Crippen LogP contribution in [0.2, 0.25) is 0 Å². The Kier molecular flexibility index (Phi) is 7.09. The fourth-order valence-electron chi connectivity index (χ4n) is 6.40. The number of pyridine rings is 1. The zero-order valence-electron chi connectivity index (χ0n) is 24.3. The van der Waals surface area contributed by atoms with Crippen LogP contribution in [0.1, 0.15) is 82.9 Å². The molecule has 2 aromatic heterocycles. The second kappa shape index (κ2) is 10.1. The van der Waals surface area contributed by atoms with Gasteiger partial charge in [-0.05, 0) is 98.7 Å². The molecule has 0 bridgehead atoms. The van der Waals surface area contributed by atoms with Gasteiger partial charge in [-0.15, -0.1) is 0 Å². The number of nitrogens with zero attached hydrogens (tertiary/aromatic N) is 5. The number of fused-ring (bicyclic) bond motifs is 1. The third-order valence-electron chi connectivity index (χ3n) is 8.04. The lowest BCUT2D eigenvalue weighted by atomic mass is 9.82. The van der Waals surface area contributed by atoms with Crippen LogP contribution in [0.3, 0.4) is 0 Å². The number of carbonyl (C=O) groups is 2. The summed E-state index contributed by atoms with van der Waals surface area (Å²) in [5, 5.41) is 12.2. The lowest BCUT2D eigenvalue weighted by Gasteiger charge is -2.41. The van der Waals surface area contributed by atoms with Crippen molar-refractivity contribution in [2.45, 2.75) is 77.9 Å². The summed E-state index contributed by atoms with van der Waals surface area (Å²) in [7, 11) is 2.14. The molecule has 0 aliphatic carbocycles. The van der Waals surface area contributed by atoms with Crippen LogP contribution in [0.5, 0.6) is 0 Å². The number of likely N-dealkylation sites (tertiary alicyclic amines) is 1. The maximum absolute atomic E-state index is 13.7. The Labute approximate surface area is 230 Å². The van der Waals surface area contributed by atoms with Crippen molar-refractivity contribution in [2.75, 3.05) is 26.7 Å². The lowest BCUT2D eigenvalue weighted by molar-refractivity contribution is -0.120. The molecule has 0 saturated carbocycles. The summed E-state index contributed by atoms with van der Waals surface area (Å²) in [6.45, 7) is 14.6. The highest BCUT2D eigenvalue weighted by Gasteiger charge is 2.34. The normalized spacial score (nSPS) is 23.8. The van der Waals surface area contributed by atoms with Crippen LogP contribution < -0.4 is 10.6 Å². The van der Waals surface area contributed by atoms with E-state index in [2.05, 4.69) is 61.3 Å². The first-order chi connectivity index (χ1) is 18.3. The van der Waals surface area contributed by atoms with Crippen molar-refractivity contribution in [1.82, 2.24) is 30.3 Å². The van der Waals surface area contributed by atoms with Gasteiger partial charge in [0.05, 0.1) is 34.8 Å². The molecule has 9 heteroatoms. The summed E-state index contributed by atoms with van der Waals surface area (Å²) in [4.78, 5) is 37.8. The molecule has 5 rings (SSSR count). The Morgan fingerprint density at radius 1 is 1.18 bits per heavy atom. The zero-order chi connectivity index (χ0) is 28.1. The second-order valence-electron chi connectivity index (χ2n) is 12.7. The average molecular weight is 532 g/mol. The number of rotatable bonds is 5. The summed E-state index contributed by atoms with van der Waals surface area (Å²) in [5.41, 5.74) is 4.47. The quantitative estimate of drug-likeness (QED) is 0.606. The molecule has 1 saturated heterocycles. The van der Waals surface area contributed by atoms with Gasteiger partial charge in [0.15, 0.2) is 5.65 Å². The number of aromatic nitrogens is 3. The molecular weight excluding hydrogens is 490 g/mol. The third-order valence-corrected chi connectivity index (χ3v) is 8.04. The lowest BCUT2D eigenvalue weighted by Crippen LogP contribution is -2.53. The molecule has 3 aliphatic rings. The molecule has 0 aromatic carbocycles. The van der Waals surface area contributed by atoms with Crippen molar-refractivity contribution in [2.24, 2.45) is 10.9 Å². The molecule has 1 unspecified atom stereocenters. The number of amides is 2. The van der Waals surface area contributed by atoms with E-state index < -0.39 is 5.92 Å². The first-order valence-corrected chi connectivity index (χ1v) is 14.0. The fraction of sp³-hybridized carbons (Fsp3) is 0.567. The number of hydrogen-bond donors (Lipinski definition) is 2. The van der Waals surface area contributed by atoms with Gasteiger partial charge >= 0.3 is 0 Å². The molecule has 2 N–H and O–H groups in total. The molecule has 2 aromatic rings. The van der Waals surface area contributed by atoms with Gasteiger partial charge < -0.3 is 15.5 Å². The number of dihydropyridines is 1. The monoisotopic (exact) mass is 531 g/mol. The summed E-state index contributed by atoms with van der Waals surface area (Å²) in [6.07, 6.45) is 8.66. The summed E-state index contributed by atoms with van der Waals surface area (Å²) in [6, 6.07) is 2.14. The number of aliphatic imine (C=N–C) groups is 1. The molecule has 3 aliphatic heterocycles. The van der Waals surface area contributed by atoms with Gasteiger partial charge in [-0.25, -0.2) is 14.7 Å². The highest BCUT2D eigenvalue weighted by molar-refractivity contribution is 6.07. The van der Waals surface area contributed by atoms with Gasteiger partial charge in [-0.3, -0.25) is 9.59 Å². The molecule has 0 spiro atoms. The maximum atomic E-state index is 13.7. The van der Waals surface area contributed by atoms with E-state index in [0.717, 1.165) is 60.2 Å². The van der Waals surface area contributed by atoms with Crippen LogP contribution in [-0.4, -0.2) is 75.0 Å². The first kappa shape index (κ1) is 27.4. The zero-order valence-corrected chi connectivity index (χ0v) is 24.3. The van der Waals surface area contributed by atoms with E-state index in [9.17, 15) is 9.59 Å². The minimum Gasteiger partial charge on any atom is -0.351 e. The van der Waals surface area contributed by atoms with Gasteiger partial charge in [0.1, 0.15) is 0 Å². The van der Waals surface area contributed by atoms with E-state index in [1.165, 1.54) is 0 Å². The fourth-order valence-corrected chi connectivity index (χ4v) is 6.40. The number of piperidine rings is 1. The SMILES string of the molecule is CC1=CC(C)=NC(=O)C1CNC(=O)c1cc(C2=CC(C)(C)NC(C)(C)C2)nc2c1cnn2C1CCN(C)CC1. The van der Waals surface area contributed by atoms with Gasteiger partial charge in [0.2, 0.25) is 0 Å². The predicted octanol–water partition coefficient (Wildman–Crippen LogP) is 3.93. The van der Waals surface area contributed by atoms with E-state index in [0.29, 0.717) is 11.3 Å². The molecule has 9 nitrogen and oxygen atoms in total. The van der Waals surface area contributed by atoms with Gasteiger partial charge in [-0.2, -0.15) is 5.10 Å². The van der Waals surface area contributed by atoms with Crippen LogP contribution in [0.15, 0.2) is 35.0 Å². The molecule has 2 amide bonds.